The molecule has 2 nitrogen and oxygen atoms in total. The summed E-state index contributed by atoms with van der Waals surface area (Å²) >= 11 is 0. The first-order chi connectivity index (χ1) is 13.4. The van der Waals surface area contributed by atoms with Gasteiger partial charge in [0.2, 0.25) is 5.89 Å². The molecule has 128 valence electrons. The van der Waals surface area contributed by atoms with E-state index in [1.807, 2.05) is 42.5 Å². The molecule has 5 rings (SSSR count). The van der Waals surface area contributed by atoms with Gasteiger partial charge in [-0.2, -0.15) is 0 Å². The van der Waals surface area contributed by atoms with E-state index in [-0.39, 0.29) is 0 Å². The van der Waals surface area contributed by atoms with Crippen molar-refractivity contribution < 1.29 is 4.42 Å². The second-order valence-electron chi connectivity index (χ2n) is 6.48. The molecule has 27 heavy (non-hydrogen) atoms. The summed E-state index contributed by atoms with van der Waals surface area (Å²) in [5.41, 5.74) is 7.37. The van der Waals surface area contributed by atoms with Gasteiger partial charge >= 0.3 is 0 Å². The number of hydrogen-bond acceptors (Lipinski definition) is 2. The molecule has 5 aromatic rings. The fourth-order valence-electron chi connectivity index (χ4n) is 3.38. The highest BCUT2D eigenvalue weighted by molar-refractivity contribution is 5.84. The molecule has 2 heteroatoms. The topological polar surface area (TPSA) is 26.0 Å². The Balaban J connectivity index is 1.58. The van der Waals surface area contributed by atoms with E-state index in [4.69, 9.17) is 4.42 Å². The minimum Gasteiger partial charge on any atom is -0.436 e. The molecule has 0 atom stereocenters. The van der Waals surface area contributed by atoms with Gasteiger partial charge in [-0.05, 0) is 40.5 Å². The van der Waals surface area contributed by atoms with E-state index < -0.39 is 0 Å². The zero-order valence-electron chi connectivity index (χ0n) is 14.7. The van der Waals surface area contributed by atoms with Crippen molar-refractivity contribution in [1.29, 1.82) is 0 Å². The number of nitrogens with zero attached hydrogens (tertiary/aromatic N) is 1. The van der Waals surface area contributed by atoms with Crippen LogP contribution >= 0.6 is 0 Å². The third-order valence-corrected chi connectivity index (χ3v) is 4.75. The Hall–Kier alpha value is -3.65. The van der Waals surface area contributed by atoms with Crippen LogP contribution in [0.5, 0.6) is 0 Å². The van der Waals surface area contributed by atoms with Crippen LogP contribution in [-0.4, -0.2) is 4.98 Å². The Labute approximate surface area is 157 Å². The summed E-state index contributed by atoms with van der Waals surface area (Å²) in [5.74, 6) is 0.652. The van der Waals surface area contributed by atoms with Crippen LogP contribution in [0, 0.1) is 0 Å². The van der Waals surface area contributed by atoms with Crippen molar-refractivity contribution in [3.05, 3.63) is 103 Å². The van der Waals surface area contributed by atoms with E-state index in [2.05, 4.69) is 65.6 Å². The van der Waals surface area contributed by atoms with Gasteiger partial charge in [0.15, 0.2) is 5.58 Å². The van der Waals surface area contributed by atoms with Gasteiger partial charge in [-0.1, -0.05) is 84.9 Å². The first-order valence-corrected chi connectivity index (χ1v) is 8.99. The molecule has 0 amide bonds. The van der Waals surface area contributed by atoms with Crippen molar-refractivity contribution >= 4 is 11.1 Å². The lowest BCUT2D eigenvalue weighted by atomic mass is 9.97. The predicted octanol–water partition coefficient (Wildman–Crippen LogP) is 6.83. The lowest BCUT2D eigenvalue weighted by molar-refractivity contribution is 0.620. The Morgan fingerprint density at radius 3 is 1.85 bits per heavy atom. The molecule has 0 aliphatic carbocycles. The van der Waals surface area contributed by atoms with Crippen molar-refractivity contribution in [3.8, 4) is 33.7 Å². The number of hydrogen-bond donors (Lipinski definition) is 0. The van der Waals surface area contributed by atoms with Crippen molar-refractivity contribution in [3.63, 3.8) is 0 Å². The van der Waals surface area contributed by atoms with E-state index in [0.29, 0.717) is 5.89 Å². The maximum absolute atomic E-state index is 6.00. The van der Waals surface area contributed by atoms with Crippen LogP contribution < -0.4 is 0 Å². The fraction of sp³-hybridized carbons (Fsp3) is 0. The predicted molar refractivity (Wildman–Crippen MR) is 110 cm³/mol. The summed E-state index contributed by atoms with van der Waals surface area (Å²) in [6.07, 6.45) is 0. The van der Waals surface area contributed by atoms with Crippen molar-refractivity contribution in [2.24, 2.45) is 0 Å². The quantitative estimate of drug-likeness (QED) is 0.357. The summed E-state index contributed by atoms with van der Waals surface area (Å²) in [7, 11) is 0. The Kier molecular flexibility index (Phi) is 3.80. The van der Waals surface area contributed by atoms with Gasteiger partial charge in [-0.3, -0.25) is 0 Å². The Morgan fingerprint density at radius 2 is 1.07 bits per heavy atom. The minimum absolute atomic E-state index is 0.652. The monoisotopic (exact) mass is 347 g/mol. The molecule has 0 radical (unpaired) electrons. The van der Waals surface area contributed by atoms with Gasteiger partial charge < -0.3 is 4.42 Å². The highest BCUT2D eigenvalue weighted by Crippen LogP contribution is 2.34. The van der Waals surface area contributed by atoms with Crippen LogP contribution in [0.1, 0.15) is 0 Å². The summed E-state index contributed by atoms with van der Waals surface area (Å²) in [4.78, 5) is 4.67. The second kappa shape index (κ2) is 6.58. The minimum atomic E-state index is 0.652. The van der Waals surface area contributed by atoms with Gasteiger partial charge in [0.25, 0.3) is 0 Å². The average Bonchev–Trinajstić information content (AvgIpc) is 3.19. The molecule has 0 bridgehead atoms. The molecule has 0 saturated heterocycles. The maximum Gasteiger partial charge on any atom is 0.227 e. The summed E-state index contributed by atoms with van der Waals surface area (Å²) in [5, 5.41) is 0. The van der Waals surface area contributed by atoms with Gasteiger partial charge in [0.05, 0.1) is 0 Å². The lowest BCUT2D eigenvalue weighted by Gasteiger charge is -2.08. The highest BCUT2D eigenvalue weighted by atomic mass is 16.3. The first-order valence-electron chi connectivity index (χ1n) is 8.99. The van der Waals surface area contributed by atoms with Crippen molar-refractivity contribution in [2.75, 3.05) is 0 Å². The molecule has 1 aromatic heterocycles. The molecular formula is C25H17NO. The number of oxazole rings is 1. The van der Waals surface area contributed by atoms with Crippen LogP contribution in [0.2, 0.25) is 0 Å². The number of para-hydroxylation sites is 2. The zero-order chi connectivity index (χ0) is 18.1. The maximum atomic E-state index is 6.00. The van der Waals surface area contributed by atoms with E-state index in [1.54, 1.807) is 0 Å². The third kappa shape index (κ3) is 2.91. The molecule has 0 N–H and O–H groups in total. The third-order valence-electron chi connectivity index (χ3n) is 4.75. The molecule has 1 heterocycles. The zero-order valence-corrected chi connectivity index (χ0v) is 14.7. The molecule has 4 aromatic carbocycles. The summed E-state index contributed by atoms with van der Waals surface area (Å²) in [6.45, 7) is 0. The molecule has 0 saturated carbocycles. The lowest BCUT2D eigenvalue weighted by Crippen LogP contribution is -1.85. The largest absolute Gasteiger partial charge is 0.436 e. The molecule has 0 spiro atoms. The highest BCUT2D eigenvalue weighted by Gasteiger charge is 2.13. The Morgan fingerprint density at radius 1 is 0.481 bits per heavy atom. The van der Waals surface area contributed by atoms with Crippen LogP contribution in [-0.2, 0) is 0 Å². The number of rotatable bonds is 3. The van der Waals surface area contributed by atoms with E-state index in [0.717, 1.165) is 27.8 Å². The standard InChI is InChI=1S/C25H17NO/c1-2-8-18(9-3-1)19-14-16-20(17-15-19)21-10-4-5-11-22(21)25-26-23-12-6-7-13-24(23)27-25/h1-17H. The molecule has 0 fully saturated rings. The fourth-order valence-corrected chi connectivity index (χ4v) is 3.38. The van der Waals surface area contributed by atoms with Crippen molar-refractivity contribution in [1.82, 2.24) is 4.98 Å². The number of aromatic nitrogens is 1. The van der Waals surface area contributed by atoms with Gasteiger partial charge in [-0.15, -0.1) is 0 Å². The van der Waals surface area contributed by atoms with Crippen LogP contribution in [0.3, 0.4) is 0 Å². The smallest absolute Gasteiger partial charge is 0.227 e. The van der Waals surface area contributed by atoms with Crippen molar-refractivity contribution in [2.45, 2.75) is 0 Å². The normalized spacial score (nSPS) is 11.0. The van der Waals surface area contributed by atoms with E-state index in [9.17, 15) is 0 Å². The van der Waals surface area contributed by atoms with E-state index in [1.165, 1.54) is 11.1 Å². The van der Waals surface area contributed by atoms with Gasteiger partial charge in [-0.25, -0.2) is 4.98 Å². The average molecular weight is 347 g/mol. The molecule has 0 aliphatic rings. The number of benzene rings is 4. The Bertz CT molecular complexity index is 1170. The van der Waals surface area contributed by atoms with Crippen LogP contribution in [0.25, 0.3) is 44.8 Å². The van der Waals surface area contributed by atoms with Gasteiger partial charge in [0.1, 0.15) is 5.52 Å². The first kappa shape index (κ1) is 15.6. The van der Waals surface area contributed by atoms with Crippen LogP contribution in [0.15, 0.2) is 108 Å². The molecule has 0 unspecified atom stereocenters. The van der Waals surface area contributed by atoms with E-state index >= 15 is 0 Å². The van der Waals surface area contributed by atoms with Crippen LogP contribution in [0.4, 0.5) is 0 Å². The van der Waals surface area contributed by atoms with Gasteiger partial charge in [0, 0.05) is 5.56 Å². The summed E-state index contributed by atoms with van der Waals surface area (Å²) < 4.78 is 6.00. The molecule has 0 aliphatic heterocycles. The SMILES string of the molecule is c1ccc(-c2ccc(-c3ccccc3-c3nc4ccccc4o3)cc2)cc1. The molecular weight excluding hydrogens is 330 g/mol. The second-order valence-corrected chi connectivity index (χ2v) is 6.48. The summed E-state index contributed by atoms with van der Waals surface area (Å²) in [6, 6.07) is 35.1. The number of fused-ring (bicyclic) bond motifs is 1.